The van der Waals surface area contributed by atoms with Gasteiger partial charge < -0.3 is 4.90 Å². The molecule has 0 aliphatic rings. The first-order chi connectivity index (χ1) is 6.57. The smallest absolute Gasteiger partial charge is 0.0439 e. The Labute approximate surface area is 87.1 Å². The first-order valence-electron chi connectivity index (χ1n) is 5.03. The summed E-state index contributed by atoms with van der Waals surface area (Å²) in [5.74, 6) is 0. The molecule has 0 fully saturated rings. The van der Waals surface area contributed by atoms with Crippen LogP contribution in [0.15, 0.2) is 24.8 Å². The zero-order valence-electron chi connectivity index (χ0n) is 9.59. The van der Waals surface area contributed by atoms with Gasteiger partial charge in [-0.15, -0.1) is 0 Å². The minimum Gasteiger partial charge on any atom is -0.377 e. The third-order valence-corrected chi connectivity index (χ3v) is 2.51. The minimum absolute atomic E-state index is 1.01. The van der Waals surface area contributed by atoms with E-state index in [0.717, 1.165) is 6.42 Å². The summed E-state index contributed by atoms with van der Waals surface area (Å²) in [6.45, 7) is 8.41. The number of anilines is 1. The van der Waals surface area contributed by atoms with Crippen molar-refractivity contribution in [2.75, 3.05) is 19.0 Å². The summed E-state index contributed by atoms with van der Waals surface area (Å²) >= 11 is 0. The van der Waals surface area contributed by atoms with Crippen LogP contribution in [0.4, 0.5) is 5.69 Å². The molecule has 0 spiro atoms. The van der Waals surface area contributed by atoms with E-state index in [0.29, 0.717) is 0 Å². The van der Waals surface area contributed by atoms with Crippen LogP contribution in [0.2, 0.25) is 0 Å². The average Bonchev–Trinajstić information content (AvgIpc) is 2.16. The zero-order chi connectivity index (χ0) is 10.7. The van der Waals surface area contributed by atoms with Crippen LogP contribution in [0, 0.1) is 6.92 Å². The van der Waals surface area contributed by atoms with Crippen molar-refractivity contribution in [2.45, 2.75) is 20.3 Å². The summed E-state index contributed by atoms with van der Waals surface area (Å²) in [4.78, 5) is 2.14. The lowest BCUT2D eigenvalue weighted by atomic mass is 9.97. The molecule has 0 saturated carbocycles. The first kappa shape index (κ1) is 10.8. The van der Waals surface area contributed by atoms with Gasteiger partial charge in [-0.25, -0.2) is 0 Å². The Kier molecular flexibility index (Phi) is 3.34. The molecule has 0 bridgehead atoms. The van der Waals surface area contributed by atoms with Crippen molar-refractivity contribution in [3.05, 3.63) is 35.9 Å². The SMILES string of the molecule is C=C(CC)c1c(C)cccc1N(C)C. The molecule has 1 rings (SSSR count). The van der Waals surface area contributed by atoms with Crippen LogP contribution in [0.3, 0.4) is 0 Å². The van der Waals surface area contributed by atoms with E-state index in [1.807, 2.05) is 0 Å². The highest BCUT2D eigenvalue weighted by molar-refractivity contribution is 5.77. The van der Waals surface area contributed by atoms with Crippen molar-refractivity contribution in [3.63, 3.8) is 0 Å². The van der Waals surface area contributed by atoms with Crippen LogP contribution in [0.1, 0.15) is 24.5 Å². The van der Waals surface area contributed by atoms with Crippen LogP contribution in [-0.2, 0) is 0 Å². The molecular formula is C13H19N. The largest absolute Gasteiger partial charge is 0.377 e. The van der Waals surface area contributed by atoms with Crippen LogP contribution in [0.5, 0.6) is 0 Å². The monoisotopic (exact) mass is 189 g/mol. The maximum absolute atomic E-state index is 4.12. The maximum Gasteiger partial charge on any atom is 0.0439 e. The highest BCUT2D eigenvalue weighted by atomic mass is 15.1. The zero-order valence-corrected chi connectivity index (χ0v) is 9.59. The van der Waals surface area contributed by atoms with E-state index >= 15 is 0 Å². The summed E-state index contributed by atoms with van der Waals surface area (Å²) in [7, 11) is 4.14. The van der Waals surface area contributed by atoms with Crippen molar-refractivity contribution < 1.29 is 0 Å². The average molecular weight is 189 g/mol. The van der Waals surface area contributed by atoms with Crippen molar-refractivity contribution in [3.8, 4) is 0 Å². The molecule has 0 heterocycles. The van der Waals surface area contributed by atoms with Gasteiger partial charge in [-0.1, -0.05) is 25.6 Å². The number of hydrogen-bond donors (Lipinski definition) is 0. The lowest BCUT2D eigenvalue weighted by Gasteiger charge is -2.20. The van der Waals surface area contributed by atoms with E-state index in [-0.39, 0.29) is 0 Å². The predicted octanol–water partition coefficient (Wildman–Crippen LogP) is 3.48. The summed E-state index contributed by atoms with van der Waals surface area (Å²) in [5.41, 5.74) is 5.09. The molecule has 0 aromatic heterocycles. The molecule has 0 N–H and O–H groups in total. The molecular weight excluding hydrogens is 170 g/mol. The third kappa shape index (κ3) is 1.98. The maximum atomic E-state index is 4.12. The molecule has 1 aromatic carbocycles. The molecule has 76 valence electrons. The fraction of sp³-hybridized carbons (Fsp3) is 0.385. The Hall–Kier alpha value is -1.24. The Morgan fingerprint density at radius 3 is 2.50 bits per heavy atom. The minimum atomic E-state index is 1.01. The number of nitrogens with zero attached hydrogens (tertiary/aromatic N) is 1. The Balaban J connectivity index is 3.29. The number of hydrogen-bond acceptors (Lipinski definition) is 1. The van der Waals surface area contributed by atoms with Gasteiger partial charge >= 0.3 is 0 Å². The van der Waals surface area contributed by atoms with Crippen molar-refractivity contribution >= 4 is 11.3 Å². The molecule has 1 nitrogen and oxygen atoms in total. The summed E-state index contributed by atoms with van der Waals surface area (Å²) in [6, 6.07) is 6.38. The van der Waals surface area contributed by atoms with E-state index in [1.54, 1.807) is 0 Å². The fourth-order valence-corrected chi connectivity index (χ4v) is 1.66. The van der Waals surface area contributed by atoms with Gasteiger partial charge in [-0.3, -0.25) is 0 Å². The molecule has 0 aliphatic heterocycles. The number of aryl methyl sites for hydroxylation is 1. The van der Waals surface area contributed by atoms with Gasteiger partial charge in [-0.05, 0) is 30.5 Å². The second kappa shape index (κ2) is 4.32. The quantitative estimate of drug-likeness (QED) is 0.703. The van der Waals surface area contributed by atoms with Crippen molar-refractivity contribution in [1.82, 2.24) is 0 Å². The lowest BCUT2D eigenvalue weighted by molar-refractivity contribution is 1.11. The van der Waals surface area contributed by atoms with Crippen molar-refractivity contribution in [2.24, 2.45) is 0 Å². The van der Waals surface area contributed by atoms with E-state index in [2.05, 4.69) is 57.6 Å². The van der Waals surface area contributed by atoms with E-state index in [4.69, 9.17) is 0 Å². The first-order valence-corrected chi connectivity index (χ1v) is 5.03. The fourth-order valence-electron chi connectivity index (χ4n) is 1.66. The lowest BCUT2D eigenvalue weighted by Crippen LogP contribution is -2.11. The molecule has 0 amide bonds. The molecule has 0 radical (unpaired) electrons. The molecule has 0 saturated heterocycles. The summed E-state index contributed by atoms with van der Waals surface area (Å²) < 4.78 is 0. The van der Waals surface area contributed by atoms with Crippen molar-refractivity contribution in [1.29, 1.82) is 0 Å². The number of rotatable bonds is 3. The molecule has 14 heavy (non-hydrogen) atoms. The number of allylic oxidation sites excluding steroid dienone is 1. The third-order valence-electron chi connectivity index (χ3n) is 2.51. The van der Waals surface area contributed by atoms with Gasteiger partial charge in [0.05, 0.1) is 0 Å². The van der Waals surface area contributed by atoms with Crippen LogP contribution >= 0.6 is 0 Å². The van der Waals surface area contributed by atoms with Gasteiger partial charge in [0.15, 0.2) is 0 Å². The molecule has 0 unspecified atom stereocenters. The molecule has 0 atom stereocenters. The van der Waals surface area contributed by atoms with E-state index < -0.39 is 0 Å². The molecule has 1 aromatic rings. The Bertz CT molecular complexity index is 337. The van der Waals surface area contributed by atoms with Gasteiger partial charge in [0, 0.05) is 25.3 Å². The molecule has 0 aliphatic carbocycles. The second-order valence-corrected chi connectivity index (χ2v) is 3.82. The standard InChI is InChI=1S/C13H19N/c1-6-10(2)13-11(3)8-7-9-12(13)14(4)5/h7-9H,2,6H2,1,3-5H3. The normalized spacial score (nSPS) is 10.0. The summed E-state index contributed by atoms with van der Waals surface area (Å²) in [5, 5.41) is 0. The van der Waals surface area contributed by atoms with Gasteiger partial charge in [-0.2, -0.15) is 0 Å². The highest BCUT2D eigenvalue weighted by Crippen LogP contribution is 2.29. The summed E-state index contributed by atoms with van der Waals surface area (Å²) in [6.07, 6.45) is 1.01. The van der Waals surface area contributed by atoms with Gasteiger partial charge in [0.2, 0.25) is 0 Å². The highest BCUT2D eigenvalue weighted by Gasteiger charge is 2.08. The Morgan fingerprint density at radius 2 is 2.00 bits per heavy atom. The van der Waals surface area contributed by atoms with Crippen LogP contribution in [-0.4, -0.2) is 14.1 Å². The number of benzene rings is 1. The predicted molar refractivity (Wildman–Crippen MR) is 64.8 cm³/mol. The second-order valence-electron chi connectivity index (χ2n) is 3.82. The van der Waals surface area contributed by atoms with Crippen LogP contribution < -0.4 is 4.90 Å². The van der Waals surface area contributed by atoms with Gasteiger partial charge in [0.25, 0.3) is 0 Å². The van der Waals surface area contributed by atoms with Gasteiger partial charge in [0.1, 0.15) is 0 Å². The van der Waals surface area contributed by atoms with E-state index in [1.165, 1.54) is 22.4 Å². The topological polar surface area (TPSA) is 3.24 Å². The van der Waals surface area contributed by atoms with Crippen LogP contribution in [0.25, 0.3) is 5.57 Å². The molecule has 1 heteroatoms. The van der Waals surface area contributed by atoms with E-state index in [9.17, 15) is 0 Å². The Morgan fingerprint density at radius 1 is 1.36 bits per heavy atom.